The van der Waals surface area contributed by atoms with Crippen molar-refractivity contribution >= 4 is 68.5 Å². The van der Waals surface area contributed by atoms with Crippen LogP contribution in [0.15, 0.2) is 52.0 Å². The van der Waals surface area contributed by atoms with Crippen molar-refractivity contribution in [2.75, 3.05) is 11.1 Å². The Morgan fingerprint density at radius 2 is 1.92 bits per heavy atom. The normalized spacial score (nSPS) is 15.0. The van der Waals surface area contributed by atoms with E-state index in [-0.39, 0.29) is 12.3 Å². The predicted octanol–water partition coefficient (Wildman–Crippen LogP) is 6.54. The second kappa shape index (κ2) is 10.2. The van der Waals surface area contributed by atoms with Gasteiger partial charge in [0.1, 0.15) is 0 Å². The molecule has 1 unspecified atom stereocenters. The van der Waals surface area contributed by atoms with Gasteiger partial charge in [-0.2, -0.15) is 4.98 Å². The van der Waals surface area contributed by atoms with Crippen molar-refractivity contribution in [2.45, 2.75) is 36.5 Å². The van der Waals surface area contributed by atoms with Crippen LogP contribution >= 0.6 is 46.1 Å². The van der Waals surface area contributed by atoms with Crippen LogP contribution in [0.5, 0.6) is 0 Å². The van der Waals surface area contributed by atoms with Crippen molar-refractivity contribution < 1.29 is 13.5 Å². The Morgan fingerprint density at radius 3 is 2.50 bits per heavy atom. The minimum absolute atomic E-state index is 0.0539. The van der Waals surface area contributed by atoms with Gasteiger partial charge in [-0.25, -0.2) is 0 Å². The summed E-state index contributed by atoms with van der Waals surface area (Å²) in [6.45, 7) is 1.84. The second-order valence-electron chi connectivity index (χ2n) is 8.27. The molecule has 5 rings (SSSR count). The zero-order valence-corrected chi connectivity index (χ0v) is 22.8. The van der Waals surface area contributed by atoms with Crippen LogP contribution in [0.25, 0.3) is 10.8 Å². The molecule has 0 radical (unpaired) electrons. The van der Waals surface area contributed by atoms with Gasteiger partial charge in [-0.05, 0) is 49.2 Å². The zero-order valence-electron chi connectivity index (χ0n) is 18.9. The lowest BCUT2D eigenvalue weighted by molar-refractivity contribution is -0.115. The molecule has 0 bridgehead atoms. The molecule has 0 saturated heterocycles. The first-order valence-corrected chi connectivity index (χ1v) is 14.3. The molecule has 0 aliphatic heterocycles. The number of amides is 1. The molecular weight excluding hydrogens is 563 g/mol. The summed E-state index contributed by atoms with van der Waals surface area (Å²) in [5, 5.41) is 7.83. The van der Waals surface area contributed by atoms with E-state index in [1.54, 1.807) is 30.3 Å². The van der Waals surface area contributed by atoms with Gasteiger partial charge < -0.3 is 9.84 Å². The van der Waals surface area contributed by atoms with Crippen LogP contribution in [-0.2, 0) is 27.4 Å². The first kappa shape index (κ1) is 25.4. The van der Waals surface area contributed by atoms with Crippen molar-refractivity contribution in [2.24, 2.45) is 0 Å². The van der Waals surface area contributed by atoms with Crippen molar-refractivity contribution in [3.8, 4) is 10.8 Å². The molecule has 1 aromatic carbocycles. The summed E-state index contributed by atoms with van der Waals surface area (Å²) in [4.78, 5) is 22.8. The number of thiophene rings is 1. The molecule has 3 aromatic heterocycles. The fraction of sp³-hybridized carbons (Fsp3) is 0.250. The molecule has 1 aliphatic rings. The maximum Gasteiger partial charge on any atom is 0.268 e. The third-order valence-electron chi connectivity index (χ3n) is 5.86. The van der Waals surface area contributed by atoms with E-state index in [4.69, 9.17) is 39.3 Å². The number of rotatable bonds is 8. The van der Waals surface area contributed by atoms with Crippen molar-refractivity contribution in [3.05, 3.63) is 74.1 Å². The lowest BCUT2D eigenvalue weighted by Crippen LogP contribution is -2.16. The highest BCUT2D eigenvalue weighted by Crippen LogP contribution is 2.57. The molecule has 1 aliphatic carbocycles. The molecule has 1 N–H and O–H groups in total. The van der Waals surface area contributed by atoms with Crippen LogP contribution in [0.3, 0.4) is 0 Å². The van der Waals surface area contributed by atoms with Gasteiger partial charge in [0.15, 0.2) is 5.82 Å². The van der Waals surface area contributed by atoms with E-state index < -0.39 is 16.2 Å². The zero-order chi connectivity index (χ0) is 25.4. The van der Waals surface area contributed by atoms with E-state index in [9.17, 15) is 9.00 Å². The highest BCUT2D eigenvalue weighted by Gasteiger charge is 2.52. The highest BCUT2D eigenvalue weighted by atomic mass is 35.5. The first-order valence-electron chi connectivity index (χ1n) is 11.0. The molecule has 186 valence electrons. The summed E-state index contributed by atoms with van der Waals surface area (Å²) < 4.78 is 18.0. The fourth-order valence-electron chi connectivity index (χ4n) is 3.95. The first-order chi connectivity index (χ1) is 17.3. The maximum absolute atomic E-state index is 12.6. The van der Waals surface area contributed by atoms with Gasteiger partial charge in [-0.1, -0.05) is 46.9 Å². The van der Waals surface area contributed by atoms with Crippen LogP contribution in [0.4, 0.5) is 5.69 Å². The Hall–Kier alpha value is -2.30. The smallest absolute Gasteiger partial charge is 0.268 e. The third kappa shape index (κ3) is 5.08. The van der Waals surface area contributed by atoms with Crippen LogP contribution in [0.2, 0.25) is 14.4 Å². The quantitative estimate of drug-likeness (QED) is 0.254. The van der Waals surface area contributed by atoms with E-state index >= 15 is 0 Å². The molecule has 3 heterocycles. The van der Waals surface area contributed by atoms with E-state index in [1.807, 2.05) is 13.0 Å². The number of halogens is 3. The molecule has 1 fully saturated rings. The van der Waals surface area contributed by atoms with E-state index in [2.05, 4.69) is 20.4 Å². The van der Waals surface area contributed by atoms with E-state index in [0.717, 1.165) is 17.7 Å². The molecule has 7 nitrogen and oxygen atoms in total. The molecule has 0 spiro atoms. The van der Waals surface area contributed by atoms with E-state index in [0.29, 0.717) is 53.7 Å². The fourth-order valence-corrected chi connectivity index (χ4v) is 6.48. The summed E-state index contributed by atoms with van der Waals surface area (Å²) in [6, 6.07) is 10.4. The SMILES string of the molecule is CCS(=O)c1ccc(CC(=O)Nc2cc(Cl)c(C3(c4noc(-c5ccc(Cl)s5)n4)CC3)c(Cl)c2)nc1. The van der Waals surface area contributed by atoms with Gasteiger partial charge in [0.25, 0.3) is 5.89 Å². The average molecular weight is 582 g/mol. The molecule has 12 heteroatoms. The average Bonchev–Trinajstić information content (AvgIpc) is 3.25. The molecule has 4 aromatic rings. The number of nitrogens with one attached hydrogen (secondary N) is 1. The monoisotopic (exact) mass is 580 g/mol. The maximum atomic E-state index is 12.6. The molecule has 1 atom stereocenters. The largest absolute Gasteiger partial charge is 0.333 e. The number of carbonyl (C=O) groups is 1. The number of anilines is 1. The summed E-state index contributed by atoms with van der Waals surface area (Å²) in [5.74, 6) is 1.15. The predicted molar refractivity (Wildman–Crippen MR) is 143 cm³/mol. The number of hydrogen-bond donors (Lipinski definition) is 1. The number of hydrogen-bond acceptors (Lipinski definition) is 7. The van der Waals surface area contributed by atoms with Crippen LogP contribution in [0.1, 0.15) is 36.8 Å². The summed E-state index contributed by atoms with van der Waals surface area (Å²) in [7, 11) is -1.09. The number of carbonyl (C=O) groups excluding carboxylic acids is 1. The highest BCUT2D eigenvalue weighted by molar-refractivity contribution is 7.85. The van der Waals surface area contributed by atoms with Crippen LogP contribution < -0.4 is 5.32 Å². The topological polar surface area (TPSA) is 98.0 Å². The number of aromatic nitrogens is 3. The standard InChI is InChI=1S/C24H19Cl3N4O3S2/c1-2-36(33)15-4-3-13(28-12-15)11-20(32)29-14-9-16(25)21(17(26)10-14)24(7-8-24)23-30-22(34-31-23)18-5-6-19(27)35-18/h3-6,9-10,12H,2,7-8,11H2,1H3,(H,29,32). The number of pyridine rings is 1. The number of nitrogens with zero attached hydrogens (tertiary/aromatic N) is 3. The molecule has 36 heavy (non-hydrogen) atoms. The van der Waals surface area contributed by atoms with Crippen molar-refractivity contribution in [1.82, 2.24) is 15.1 Å². The van der Waals surface area contributed by atoms with Gasteiger partial charge in [0, 0.05) is 38.9 Å². The lowest BCUT2D eigenvalue weighted by Gasteiger charge is -2.17. The van der Waals surface area contributed by atoms with Gasteiger partial charge in [0.2, 0.25) is 5.91 Å². The Balaban J connectivity index is 1.32. The minimum atomic E-state index is -1.09. The Bertz CT molecular complexity index is 1440. The van der Waals surface area contributed by atoms with Gasteiger partial charge in [0.05, 0.1) is 36.7 Å². The van der Waals surface area contributed by atoms with Crippen LogP contribution in [-0.4, -0.2) is 31.0 Å². The van der Waals surface area contributed by atoms with Crippen molar-refractivity contribution in [1.29, 1.82) is 0 Å². The summed E-state index contributed by atoms with van der Waals surface area (Å²) >= 11 is 20.7. The second-order valence-corrected chi connectivity index (χ2v) is 12.5. The summed E-state index contributed by atoms with van der Waals surface area (Å²) in [6.07, 6.45) is 3.13. The molecule has 1 saturated carbocycles. The van der Waals surface area contributed by atoms with E-state index in [1.165, 1.54) is 17.5 Å². The Morgan fingerprint density at radius 1 is 1.17 bits per heavy atom. The summed E-state index contributed by atoms with van der Waals surface area (Å²) in [5.41, 5.74) is 1.21. The third-order valence-corrected chi connectivity index (χ3v) is 8.96. The number of benzene rings is 1. The Labute approximate surface area is 228 Å². The lowest BCUT2D eigenvalue weighted by atomic mass is 9.94. The Kier molecular flexibility index (Phi) is 7.20. The van der Waals surface area contributed by atoms with Crippen LogP contribution in [0, 0.1) is 0 Å². The van der Waals surface area contributed by atoms with Gasteiger partial charge >= 0.3 is 0 Å². The molecular formula is C24H19Cl3N4O3S2. The van der Waals surface area contributed by atoms with Crippen molar-refractivity contribution in [3.63, 3.8) is 0 Å². The van der Waals surface area contributed by atoms with Gasteiger partial charge in [-0.15, -0.1) is 11.3 Å². The molecule has 1 amide bonds. The minimum Gasteiger partial charge on any atom is -0.333 e. The van der Waals surface area contributed by atoms with Gasteiger partial charge in [-0.3, -0.25) is 14.0 Å².